The Morgan fingerprint density at radius 1 is 1.10 bits per heavy atom. The summed E-state index contributed by atoms with van der Waals surface area (Å²) in [5.74, 6) is 0.0317. The number of rotatable bonds is 9. The van der Waals surface area contributed by atoms with Crippen molar-refractivity contribution in [1.82, 2.24) is 9.55 Å². The van der Waals surface area contributed by atoms with Crippen LogP contribution in [0.1, 0.15) is 28.2 Å². The highest BCUT2D eigenvalue weighted by Gasteiger charge is 2.11. The van der Waals surface area contributed by atoms with Crippen LogP contribution in [-0.4, -0.2) is 20.6 Å². The Bertz CT molecular complexity index is 1150. The fraction of sp³-hybridized carbons (Fsp3) is 0.200. The van der Waals surface area contributed by atoms with Crippen molar-refractivity contribution in [3.05, 3.63) is 94.2 Å². The minimum absolute atomic E-state index is 0.119. The summed E-state index contributed by atoms with van der Waals surface area (Å²) in [6.07, 6.45) is 4.78. The molecule has 4 aromatic rings. The van der Waals surface area contributed by atoms with Crippen LogP contribution in [0.4, 0.5) is 0 Å². The van der Waals surface area contributed by atoms with Gasteiger partial charge in [-0.2, -0.15) is 0 Å². The van der Waals surface area contributed by atoms with Crippen molar-refractivity contribution >= 4 is 17.3 Å². The van der Waals surface area contributed by atoms with Gasteiger partial charge in [-0.15, -0.1) is 11.3 Å². The number of carboxylic acid groups (broad SMARTS) is 1. The second-order valence-corrected chi connectivity index (χ2v) is 8.48. The van der Waals surface area contributed by atoms with Gasteiger partial charge in [0.1, 0.15) is 12.4 Å². The summed E-state index contributed by atoms with van der Waals surface area (Å²) in [4.78, 5) is 15.5. The van der Waals surface area contributed by atoms with E-state index in [4.69, 9.17) is 9.84 Å². The van der Waals surface area contributed by atoms with Crippen LogP contribution < -0.4 is 4.74 Å². The first-order valence-corrected chi connectivity index (χ1v) is 11.0. The fourth-order valence-corrected chi connectivity index (χ4v) is 4.10. The van der Waals surface area contributed by atoms with Crippen LogP contribution in [0.5, 0.6) is 5.75 Å². The number of carbonyl (C=O) groups is 1. The molecule has 0 spiro atoms. The monoisotopic (exact) mass is 432 g/mol. The average Bonchev–Trinajstić information content (AvgIpc) is 3.38. The van der Waals surface area contributed by atoms with Crippen molar-refractivity contribution in [3.8, 4) is 16.9 Å². The lowest BCUT2D eigenvalue weighted by molar-refractivity contribution is -0.136. The summed E-state index contributed by atoms with van der Waals surface area (Å²) in [5, 5.41) is 12.2. The van der Waals surface area contributed by atoms with Gasteiger partial charge in [0.25, 0.3) is 0 Å². The Morgan fingerprint density at radius 3 is 2.55 bits per heavy atom. The van der Waals surface area contributed by atoms with Gasteiger partial charge in [0, 0.05) is 36.3 Å². The van der Waals surface area contributed by atoms with E-state index in [1.165, 1.54) is 0 Å². The zero-order valence-corrected chi connectivity index (χ0v) is 18.1. The molecule has 0 fully saturated rings. The molecule has 2 heterocycles. The maximum Gasteiger partial charge on any atom is 0.303 e. The van der Waals surface area contributed by atoms with E-state index in [0.29, 0.717) is 19.6 Å². The van der Waals surface area contributed by atoms with Crippen LogP contribution in [-0.2, 0) is 24.4 Å². The maximum absolute atomic E-state index is 11.1. The Labute approximate surface area is 185 Å². The van der Waals surface area contributed by atoms with Crippen LogP contribution in [0.25, 0.3) is 11.1 Å². The second kappa shape index (κ2) is 9.62. The molecule has 5 nitrogen and oxygen atoms in total. The fourth-order valence-electron chi connectivity index (χ4n) is 3.50. The largest absolute Gasteiger partial charge is 0.487 e. The van der Waals surface area contributed by atoms with Crippen molar-refractivity contribution in [2.24, 2.45) is 0 Å². The van der Waals surface area contributed by atoms with Gasteiger partial charge in [0.05, 0.1) is 10.7 Å². The number of ether oxygens (including phenoxy) is 1. The van der Waals surface area contributed by atoms with Gasteiger partial charge in [0.2, 0.25) is 0 Å². The number of thiazole rings is 1. The molecule has 31 heavy (non-hydrogen) atoms. The third kappa shape index (κ3) is 5.61. The van der Waals surface area contributed by atoms with Crippen molar-refractivity contribution in [1.29, 1.82) is 0 Å². The van der Waals surface area contributed by atoms with Gasteiger partial charge in [0.15, 0.2) is 0 Å². The number of carboxylic acids is 1. The van der Waals surface area contributed by atoms with E-state index in [0.717, 1.165) is 38.7 Å². The number of aryl methyl sites for hydroxylation is 2. The quantitative estimate of drug-likeness (QED) is 0.376. The molecule has 0 amide bonds. The number of hydrogen-bond donors (Lipinski definition) is 1. The molecule has 0 saturated heterocycles. The molecular weight excluding hydrogens is 408 g/mol. The van der Waals surface area contributed by atoms with Gasteiger partial charge >= 0.3 is 5.97 Å². The lowest BCUT2D eigenvalue weighted by Crippen LogP contribution is -1.99. The van der Waals surface area contributed by atoms with Crippen molar-refractivity contribution in [2.75, 3.05) is 0 Å². The van der Waals surface area contributed by atoms with Gasteiger partial charge in [-0.1, -0.05) is 42.5 Å². The number of nitrogens with zero attached hydrogens (tertiary/aromatic N) is 2. The van der Waals surface area contributed by atoms with Crippen LogP contribution in [0.15, 0.2) is 72.4 Å². The van der Waals surface area contributed by atoms with Gasteiger partial charge in [-0.25, -0.2) is 4.98 Å². The summed E-state index contributed by atoms with van der Waals surface area (Å²) >= 11 is 1.62. The Balaban J connectivity index is 1.46. The lowest BCUT2D eigenvalue weighted by atomic mass is 10.0. The van der Waals surface area contributed by atoms with E-state index in [-0.39, 0.29) is 6.42 Å². The van der Waals surface area contributed by atoms with Crippen LogP contribution in [0, 0.1) is 6.92 Å². The van der Waals surface area contributed by atoms with Crippen molar-refractivity contribution < 1.29 is 14.6 Å². The molecule has 6 heteroatoms. The smallest absolute Gasteiger partial charge is 0.303 e. The van der Waals surface area contributed by atoms with Gasteiger partial charge in [-0.05, 0) is 42.2 Å². The maximum atomic E-state index is 11.1. The first kappa shape index (κ1) is 20.9. The summed E-state index contributed by atoms with van der Waals surface area (Å²) in [5.41, 5.74) is 5.33. The van der Waals surface area contributed by atoms with Crippen molar-refractivity contribution in [2.45, 2.75) is 32.9 Å². The Kier molecular flexibility index (Phi) is 6.48. The molecule has 0 radical (unpaired) electrons. The van der Waals surface area contributed by atoms with E-state index in [2.05, 4.69) is 46.2 Å². The predicted octanol–water partition coefficient (Wildman–Crippen LogP) is 5.56. The highest BCUT2D eigenvalue weighted by atomic mass is 32.1. The normalized spacial score (nSPS) is 10.9. The highest BCUT2D eigenvalue weighted by Crippen LogP contribution is 2.27. The molecule has 0 bridgehead atoms. The summed E-state index contributed by atoms with van der Waals surface area (Å²) in [6, 6.07) is 18.2. The molecule has 158 valence electrons. The molecule has 2 aromatic carbocycles. The topological polar surface area (TPSA) is 64.4 Å². The first-order chi connectivity index (χ1) is 15.1. The van der Waals surface area contributed by atoms with E-state index >= 15 is 0 Å². The Morgan fingerprint density at radius 2 is 1.87 bits per heavy atom. The van der Waals surface area contributed by atoms with Crippen LogP contribution in [0.3, 0.4) is 0 Å². The summed E-state index contributed by atoms with van der Waals surface area (Å²) in [6.45, 7) is 3.16. The van der Waals surface area contributed by atoms with E-state index < -0.39 is 5.97 Å². The minimum Gasteiger partial charge on any atom is -0.487 e. The first-order valence-electron chi connectivity index (χ1n) is 10.2. The van der Waals surface area contributed by atoms with Crippen LogP contribution in [0.2, 0.25) is 0 Å². The molecular formula is C25H24N2O3S. The summed E-state index contributed by atoms with van der Waals surface area (Å²) in [7, 11) is 0. The minimum atomic E-state index is -0.782. The number of benzene rings is 2. The van der Waals surface area contributed by atoms with E-state index in [1.807, 2.05) is 42.6 Å². The number of aliphatic carboxylic acids is 1. The van der Waals surface area contributed by atoms with Crippen LogP contribution >= 0.6 is 11.3 Å². The van der Waals surface area contributed by atoms with Gasteiger partial charge < -0.3 is 14.4 Å². The Hall–Kier alpha value is -3.38. The van der Waals surface area contributed by atoms with E-state index in [9.17, 15) is 4.79 Å². The number of aromatic nitrogens is 2. The molecule has 0 aliphatic heterocycles. The molecule has 4 rings (SSSR count). The molecule has 0 unspecified atom stereocenters. The molecule has 0 aliphatic carbocycles. The third-order valence-electron chi connectivity index (χ3n) is 5.00. The molecule has 0 aliphatic rings. The third-order valence-corrected chi connectivity index (χ3v) is 5.82. The predicted molar refractivity (Wildman–Crippen MR) is 123 cm³/mol. The molecule has 1 N–H and O–H groups in total. The molecule has 0 saturated carbocycles. The van der Waals surface area contributed by atoms with E-state index in [1.54, 1.807) is 11.3 Å². The van der Waals surface area contributed by atoms with Crippen molar-refractivity contribution in [3.63, 3.8) is 0 Å². The standard InChI is InChI=1S/C25H24N2O3S/c1-18-26-22(17-31-18)16-30-23-10-7-19(8-11-23)13-27-14-21(9-12-25(28)29)24(15-27)20-5-3-2-4-6-20/h2-8,10-11,14-15,17H,9,12-13,16H2,1H3,(H,28,29). The molecule has 0 atom stereocenters. The second-order valence-electron chi connectivity index (χ2n) is 7.42. The highest BCUT2D eigenvalue weighted by molar-refractivity contribution is 7.09. The lowest BCUT2D eigenvalue weighted by Gasteiger charge is -2.07. The zero-order valence-electron chi connectivity index (χ0n) is 17.3. The van der Waals surface area contributed by atoms with Gasteiger partial charge in [-0.3, -0.25) is 4.79 Å². The molecule has 2 aromatic heterocycles. The summed E-state index contributed by atoms with van der Waals surface area (Å²) < 4.78 is 7.95. The SMILES string of the molecule is Cc1nc(COc2ccc(Cn3cc(CCC(=O)O)c(-c4ccccc4)c3)cc2)cs1. The zero-order chi connectivity index (χ0) is 21.6. The number of hydrogen-bond acceptors (Lipinski definition) is 4. The average molecular weight is 433 g/mol.